The molecule has 5 nitrogen and oxygen atoms in total. The Bertz CT molecular complexity index is 236. The molecule has 0 bridgehead atoms. The zero-order valence-electron chi connectivity index (χ0n) is 10.7. The molecule has 1 atom stereocenters. The van der Waals surface area contributed by atoms with E-state index in [0.717, 1.165) is 18.6 Å². The number of ether oxygens (including phenoxy) is 2. The van der Waals surface area contributed by atoms with Gasteiger partial charge in [-0.2, -0.15) is 11.8 Å². The van der Waals surface area contributed by atoms with Gasteiger partial charge in [-0.1, -0.05) is 13.3 Å². The molecule has 0 aromatic rings. The molecule has 0 fully saturated rings. The summed E-state index contributed by atoms with van der Waals surface area (Å²) >= 11 is 1.61. The zero-order chi connectivity index (χ0) is 13.1. The first-order valence-corrected chi connectivity index (χ1v) is 7.05. The van der Waals surface area contributed by atoms with Crippen LogP contribution < -0.4 is 5.32 Å². The molecule has 0 saturated carbocycles. The number of hydrogen-bond donors (Lipinski definition) is 1. The molecule has 0 radical (unpaired) electrons. The number of unbranched alkanes of at least 4 members (excludes halogenated alkanes) is 1. The number of methoxy groups -OCH3 is 1. The van der Waals surface area contributed by atoms with E-state index in [-0.39, 0.29) is 0 Å². The lowest BCUT2D eigenvalue weighted by atomic mass is 10.2. The van der Waals surface area contributed by atoms with Crippen molar-refractivity contribution in [1.29, 1.82) is 0 Å². The van der Waals surface area contributed by atoms with Crippen molar-refractivity contribution >= 4 is 23.8 Å². The molecule has 0 aliphatic rings. The lowest BCUT2D eigenvalue weighted by molar-refractivity contribution is -0.143. The van der Waals surface area contributed by atoms with Gasteiger partial charge in [0, 0.05) is 0 Å². The second-order valence-electron chi connectivity index (χ2n) is 3.49. The number of hydrogen-bond acceptors (Lipinski definition) is 5. The quantitative estimate of drug-likeness (QED) is 0.534. The third kappa shape index (κ3) is 7.90. The smallest absolute Gasteiger partial charge is 0.407 e. The highest BCUT2D eigenvalue weighted by Gasteiger charge is 2.21. The number of thioether (sulfide) groups is 1. The van der Waals surface area contributed by atoms with E-state index in [9.17, 15) is 9.59 Å². The van der Waals surface area contributed by atoms with Crippen molar-refractivity contribution in [3.63, 3.8) is 0 Å². The van der Waals surface area contributed by atoms with Gasteiger partial charge in [0.1, 0.15) is 6.04 Å². The first-order chi connectivity index (χ1) is 8.15. The maximum absolute atomic E-state index is 11.4. The summed E-state index contributed by atoms with van der Waals surface area (Å²) in [4.78, 5) is 22.7. The molecule has 0 aromatic carbocycles. The van der Waals surface area contributed by atoms with Gasteiger partial charge in [-0.25, -0.2) is 9.59 Å². The number of amides is 1. The van der Waals surface area contributed by atoms with Crippen LogP contribution in [0.5, 0.6) is 0 Å². The Kier molecular flexibility index (Phi) is 9.71. The van der Waals surface area contributed by atoms with Gasteiger partial charge in [0.25, 0.3) is 0 Å². The largest absolute Gasteiger partial charge is 0.467 e. The predicted octanol–water partition coefficient (Wildman–Crippen LogP) is 1.81. The van der Waals surface area contributed by atoms with Crippen LogP contribution in [-0.4, -0.2) is 43.8 Å². The minimum absolute atomic E-state index is 0.374. The van der Waals surface area contributed by atoms with Crippen molar-refractivity contribution < 1.29 is 19.1 Å². The van der Waals surface area contributed by atoms with E-state index in [0.29, 0.717) is 13.0 Å². The molecule has 100 valence electrons. The summed E-state index contributed by atoms with van der Waals surface area (Å²) in [7, 11) is 1.30. The Hall–Kier alpha value is -0.910. The predicted molar refractivity (Wildman–Crippen MR) is 68.2 cm³/mol. The normalized spacial score (nSPS) is 11.7. The van der Waals surface area contributed by atoms with Gasteiger partial charge < -0.3 is 14.8 Å². The van der Waals surface area contributed by atoms with Crippen LogP contribution in [0.3, 0.4) is 0 Å². The molecular formula is C11H21NO4S. The van der Waals surface area contributed by atoms with Crippen molar-refractivity contribution in [3.8, 4) is 0 Å². The van der Waals surface area contributed by atoms with Crippen molar-refractivity contribution in [2.45, 2.75) is 32.2 Å². The summed E-state index contributed by atoms with van der Waals surface area (Å²) < 4.78 is 9.54. The Morgan fingerprint density at radius 2 is 2.12 bits per heavy atom. The van der Waals surface area contributed by atoms with Gasteiger partial charge in [0.05, 0.1) is 13.7 Å². The van der Waals surface area contributed by atoms with Crippen molar-refractivity contribution in [1.82, 2.24) is 5.32 Å². The summed E-state index contributed by atoms with van der Waals surface area (Å²) in [5.41, 5.74) is 0. The first kappa shape index (κ1) is 16.1. The molecule has 0 saturated heterocycles. The van der Waals surface area contributed by atoms with Crippen LogP contribution >= 0.6 is 11.8 Å². The van der Waals surface area contributed by atoms with E-state index >= 15 is 0 Å². The summed E-state index contributed by atoms with van der Waals surface area (Å²) in [6.45, 7) is 2.38. The van der Waals surface area contributed by atoms with E-state index in [1.807, 2.05) is 13.2 Å². The molecule has 0 aromatic heterocycles. The average Bonchev–Trinajstić information content (AvgIpc) is 2.33. The van der Waals surface area contributed by atoms with Crippen LogP contribution in [0.2, 0.25) is 0 Å². The molecule has 1 unspecified atom stereocenters. The molecule has 0 rings (SSSR count). The fraction of sp³-hybridized carbons (Fsp3) is 0.818. The molecular weight excluding hydrogens is 242 g/mol. The lowest BCUT2D eigenvalue weighted by Crippen LogP contribution is -2.42. The summed E-state index contributed by atoms with van der Waals surface area (Å²) in [5.74, 6) is 0.334. The number of carbonyl (C=O) groups is 2. The number of alkyl carbamates (subject to hydrolysis) is 1. The van der Waals surface area contributed by atoms with Gasteiger partial charge in [-0.05, 0) is 24.9 Å². The second-order valence-corrected chi connectivity index (χ2v) is 4.48. The van der Waals surface area contributed by atoms with Crippen molar-refractivity contribution in [2.24, 2.45) is 0 Å². The van der Waals surface area contributed by atoms with Crippen molar-refractivity contribution in [3.05, 3.63) is 0 Å². The van der Waals surface area contributed by atoms with Gasteiger partial charge in [-0.3, -0.25) is 0 Å². The first-order valence-electron chi connectivity index (χ1n) is 5.65. The molecule has 6 heteroatoms. The lowest BCUT2D eigenvalue weighted by Gasteiger charge is -2.15. The topological polar surface area (TPSA) is 64.6 Å². The van der Waals surface area contributed by atoms with Gasteiger partial charge >= 0.3 is 12.1 Å². The number of nitrogens with one attached hydrogen (secondary N) is 1. The van der Waals surface area contributed by atoms with Crippen LogP contribution in [0.25, 0.3) is 0 Å². The Labute approximate surface area is 107 Å². The summed E-state index contributed by atoms with van der Waals surface area (Å²) in [5, 5.41) is 2.51. The van der Waals surface area contributed by atoms with E-state index in [1.54, 1.807) is 11.8 Å². The monoisotopic (exact) mass is 263 g/mol. The number of esters is 1. The zero-order valence-corrected chi connectivity index (χ0v) is 11.5. The highest BCUT2D eigenvalue weighted by atomic mass is 32.2. The summed E-state index contributed by atoms with van der Waals surface area (Å²) in [6.07, 6.45) is 3.70. The Morgan fingerprint density at radius 1 is 1.41 bits per heavy atom. The van der Waals surface area contributed by atoms with Crippen LogP contribution in [0, 0.1) is 0 Å². The third-order valence-corrected chi connectivity index (χ3v) is 2.76. The SMILES string of the molecule is CCCCOC(=O)NC(CCSC)C(=O)OC. The fourth-order valence-corrected chi connectivity index (χ4v) is 1.59. The minimum Gasteiger partial charge on any atom is -0.467 e. The molecule has 0 aliphatic carbocycles. The van der Waals surface area contributed by atoms with Crippen LogP contribution in [-0.2, 0) is 14.3 Å². The molecule has 17 heavy (non-hydrogen) atoms. The minimum atomic E-state index is -0.624. The standard InChI is InChI=1S/C11H21NO4S/c1-4-5-7-16-11(14)12-9(6-8-17-3)10(13)15-2/h9H,4-8H2,1-3H3,(H,12,14). The highest BCUT2D eigenvalue weighted by molar-refractivity contribution is 7.98. The van der Waals surface area contributed by atoms with Crippen LogP contribution in [0.4, 0.5) is 4.79 Å². The van der Waals surface area contributed by atoms with Gasteiger partial charge in [-0.15, -0.1) is 0 Å². The van der Waals surface area contributed by atoms with E-state index in [2.05, 4.69) is 10.1 Å². The van der Waals surface area contributed by atoms with Crippen LogP contribution in [0.15, 0.2) is 0 Å². The molecule has 0 spiro atoms. The van der Waals surface area contributed by atoms with Crippen LogP contribution in [0.1, 0.15) is 26.2 Å². The maximum atomic E-state index is 11.4. The summed E-state index contributed by atoms with van der Waals surface area (Å²) in [6, 6.07) is -0.624. The third-order valence-electron chi connectivity index (χ3n) is 2.12. The second kappa shape index (κ2) is 10.3. The molecule has 0 heterocycles. The highest BCUT2D eigenvalue weighted by Crippen LogP contribution is 2.03. The Balaban J connectivity index is 4.03. The molecule has 0 aliphatic heterocycles. The maximum Gasteiger partial charge on any atom is 0.407 e. The fourth-order valence-electron chi connectivity index (χ4n) is 1.12. The van der Waals surface area contributed by atoms with E-state index in [1.165, 1.54) is 7.11 Å². The van der Waals surface area contributed by atoms with E-state index < -0.39 is 18.1 Å². The number of rotatable bonds is 8. The molecule has 1 N–H and O–H groups in total. The molecule has 1 amide bonds. The average molecular weight is 263 g/mol. The Morgan fingerprint density at radius 3 is 2.65 bits per heavy atom. The van der Waals surface area contributed by atoms with Crippen molar-refractivity contribution in [2.75, 3.05) is 25.7 Å². The van der Waals surface area contributed by atoms with Gasteiger partial charge in [0.15, 0.2) is 0 Å². The number of carbonyl (C=O) groups excluding carboxylic acids is 2. The van der Waals surface area contributed by atoms with E-state index in [4.69, 9.17) is 4.74 Å². The van der Waals surface area contributed by atoms with Gasteiger partial charge in [0.2, 0.25) is 0 Å².